The minimum atomic E-state index is -0.448. The van der Waals surface area contributed by atoms with Crippen LogP contribution >= 0.6 is 11.6 Å². The Kier molecular flexibility index (Phi) is 5.00. The van der Waals surface area contributed by atoms with Gasteiger partial charge in [-0.1, -0.05) is 11.6 Å². The number of rotatable bonds is 4. The number of carbonyl (C=O) groups is 1. The molecule has 1 saturated heterocycles. The van der Waals surface area contributed by atoms with Crippen LogP contribution in [0.1, 0.15) is 39.0 Å². The van der Waals surface area contributed by atoms with E-state index in [9.17, 15) is 9.90 Å². The third-order valence-corrected chi connectivity index (χ3v) is 8.09. The van der Waals surface area contributed by atoms with Crippen molar-refractivity contribution < 1.29 is 9.90 Å². The SMILES string of the molecule is CC(C(=O)NC1C2CC3CC1CC(O)(C3)C2)N1CCN(c2ccc(Cl)nc2)CC1. The number of amides is 1. The number of aliphatic hydroxyl groups is 1. The second kappa shape index (κ2) is 7.40. The highest BCUT2D eigenvalue weighted by molar-refractivity contribution is 6.29. The minimum absolute atomic E-state index is 0.124. The maximum Gasteiger partial charge on any atom is 0.237 e. The first-order chi connectivity index (χ1) is 13.9. The van der Waals surface area contributed by atoms with Crippen LogP contribution in [0.15, 0.2) is 18.3 Å². The first-order valence-corrected chi connectivity index (χ1v) is 11.4. The Hall–Kier alpha value is -1.37. The van der Waals surface area contributed by atoms with E-state index in [1.807, 2.05) is 25.3 Å². The normalized spacial score (nSPS) is 37.6. The number of halogens is 1. The molecular weight excluding hydrogens is 388 g/mol. The molecule has 0 radical (unpaired) electrons. The molecule has 1 amide bonds. The fourth-order valence-corrected chi connectivity index (χ4v) is 6.70. The van der Waals surface area contributed by atoms with Gasteiger partial charge in [0.05, 0.1) is 23.5 Å². The van der Waals surface area contributed by atoms with Gasteiger partial charge in [-0.05, 0) is 68.9 Å². The third-order valence-electron chi connectivity index (χ3n) is 7.87. The van der Waals surface area contributed by atoms with Crippen molar-refractivity contribution in [1.82, 2.24) is 15.2 Å². The zero-order chi connectivity index (χ0) is 20.2. The molecular formula is C22H31ClN4O2. The molecule has 6 nitrogen and oxygen atoms in total. The van der Waals surface area contributed by atoms with Gasteiger partial charge in [-0.15, -0.1) is 0 Å². The molecule has 0 aromatic carbocycles. The van der Waals surface area contributed by atoms with Gasteiger partial charge in [-0.2, -0.15) is 0 Å². The van der Waals surface area contributed by atoms with E-state index in [1.54, 1.807) is 0 Å². The van der Waals surface area contributed by atoms with Crippen molar-refractivity contribution >= 4 is 23.2 Å². The van der Waals surface area contributed by atoms with Gasteiger partial charge in [-0.25, -0.2) is 4.98 Å². The molecule has 4 bridgehead atoms. The first kappa shape index (κ1) is 19.6. The first-order valence-electron chi connectivity index (χ1n) is 11.0. The molecule has 5 fully saturated rings. The van der Waals surface area contributed by atoms with Gasteiger partial charge in [0.15, 0.2) is 0 Å². The van der Waals surface area contributed by atoms with E-state index < -0.39 is 5.60 Å². The average Bonchev–Trinajstić information content (AvgIpc) is 2.69. The summed E-state index contributed by atoms with van der Waals surface area (Å²) in [6, 6.07) is 3.95. The number of pyridine rings is 1. The van der Waals surface area contributed by atoms with Gasteiger partial charge in [0.25, 0.3) is 0 Å². The van der Waals surface area contributed by atoms with Crippen LogP contribution in [0.5, 0.6) is 0 Å². The van der Waals surface area contributed by atoms with E-state index in [0.29, 0.717) is 22.9 Å². The van der Waals surface area contributed by atoms with Crippen molar-refractivity contribution in [1.29, 1.82) is 0 Å². The summed E-state index contributed by atoms with van der Waals surface area (Å²) in [5.74, 6) is 1.72. The Labute approximate surface area is 177 Å². The molecule has 3 atom stereocenters. The number of carbonyl (C=O) groups excluding carboxylic acids is 1. The van der Waals surface area contributed by atoms with Crippen LogP contribution in [0.3, 0.4) is 0 Å². The predicted octanol–water partition coefficient (Wildman–Crippen LogP) is 2.30. The molecule has 2 heterocycles. The van der Waals surface area contributed by atoms with Gasteiger partial charge in [0, 0.05) is 32.2 Å². The largest absolute Gasteiger partial charge is 0.390 e. The molecule has 1 aliphatic heterocycles. The lowest BCUT2D eigenvalue weighted by Gasteiger charge is -2.58. The predicted molar refractivity (Wildman–Crippen MR) is 113 cm³/mol. The Bertz CT molecular complexity index is 749. The van der Waals surface area contributed by atoms with Gasteiger partial charge in [-0.3, -0.25) is 9.69 Å². The number of aromatic nitrogens is 1. The highest BCUT2D eigenvalue weighted by atomic mass is 35.5. The average molecular weight is 419 g/mol. The maximum atomic E-state index is 13.0. The van der Waals surface area contributed by atoms with Crippen LogP contribution in [0.2, 0.25) is 5.15 Å². The number of piperazine rings is 1. The summed E-state index contributed by atoms with van der Waals surface area (Å²) in [4.78, 5) is 21.8. The molecule has 6 rings (SSSR count). The van der Waals surface area contributed by atoms with Crippen LogP contribution in [0.25, 0.3) is 0 Å². The standard InChI is InChI=1S/C22H31ClN4O2/c1-14(26-4-6-27(7-5-26)18-2-3-19(23)24-13-18)21(28)25-20-16-8-15-9-17(20)12-22(29,10-15)11-16/h2-3,13-17,20,29H,4-12H2,1H3,(H,25,28). The van der Waals surface area contributed by atoms with Crippen molar-refractivity contribution in [2.45, 2.75) is 56.7 Å². The monoisotopic (exact) mass is 418 g/mol. The maximum absolute atomic E-state index is 13.0. The molecule has 1 aromatic heterocycles. The topological polar surface area (TPSA) is 68.7 Å². The van der Waals surface area contributed by atoms with Crippen molar-refractivity contribution in [3.05, 3.63) is 23.5 Å². The zero-order valence-corrected chi connectivity index (χ0v) is 17.8. The zero-order valence-electron chi connectivity index (χ0n) is 17.1. The molecule has 2 N–H and O–H groups in total. The van der Waals surface area contributed by atoms with Gasteiger partial charge >= 0.3 is 0 Å². The molecule has 5 aliphatic rings. The van der Waals surface area contributed by atoms with E-state index in [4.69, 9.17) is 11.6 Å². The molecule has 4 saturated carbocycles. The van der Waals surface area contributed by atoms with Crippen molar-refractivity contribution in [2.24, 2.45) is 17.8 Å². The third kappa shape index (κ3) is 3.75. The Morgan fingerprint density at radius 2 is 1.90 bits per heavy atom. The molecule has 0 spiro atoms. The molecule has 158 valence electrons. The Morgan fingerprint density at radius 3 is 2.48 bits per heavy atom. The molecule has 7 heteroatoms. The smallest absolute Gasteiger partial charge is 0.237 e. The minimum Gasteiger partial charge on any atom is -0.390 e. The van der Waals surface area contributed by atoms with E-state index in [2.05, 4.69) is 20.1 Å². The van der Waals surface area contributed by atoms with E-state index in [-0.39, 0.29) is 18.0 Å². The van der Waals surface area contributed by atoms with E-state index >= 15 is 0 Å². The summed E-state index contributed by atoms with van der Waals surface area (Å²) < 4.78 is 0. The number of nitrogens with zero attached hydrogens (tertiary/aromatic N) is 3. The second-order valence-electron chi connectivity index (χ2n) is 9.77. The van der Waals surface area contributed by atoms with Crippen molar-refractivity contribution in [2.75, 3.05) is 31.1 Å². The number of anilines is 1. The summed E-state index contributed by atoms with van der Waals surface area (Å²) in [5.41, 5.74) is 0.633. The van der Waals surface area contributed by atoms with Crippen molar-refractivity contribution in [3.8, 4) is 0 Å². The lowest BCUT2D eigenvalue weighted by Crippen LogP contribution is -2.63. The second-order valence-corrected chi connectivity index (χ2v) is 10.2. The number of nitrogens with one attached hydrogen (secondary N) is 1. The van der Waals surface area contributed by atoms with Gasteiger partial charge in [0.2, 0.25) is 5.91 Å². The molecule has 29 heavy (non-hydrogen) atoms. The molecule has 4 aliphatic carbocycles. The summed E-state index contributed by atoms with van der Waals surface area (Å²) in [6.45, 7) is 5.50. The van der Waals surface area contributed by atoms with Crippen LogP contribution in [0, 0.1) is 17.8 Å². The number of hydrogen-bond acceptors (Lipinski definition) is 5. The Balaban J connectivity index is 1.16. The van der Waals surface area contributed by atoms with E-state index in [0.717, 1.165) is 51.1 Å². The highest BCUT2D eigenvalue weighted by Crippen LogP contribution is 2.55. The van der Waals surface area contributed by atoms with Crippen LogP contribution in [-0.2, 0) is 4.79 Å². The molecule has 1 aromatic rings. The fourth-order valence-electron chi connectivity index (χ4n) is 6.59. The van der Waals surface area contributed by atoms with Crippen LogP contribution in [-0.4, -0.2) is 64.8 Å². The molecule has 3 unspecified atom stereocenters. The lowest BCUT2D eigenvalue weighted by atomic mass is 9.52. The van der Waals surface area contributed by atoms with Gasteiger partial charge in [0.1, 0.15) is 5.15 Å². The quantitative estimate of drug-likeness (QED) is 0.734. The summed E-state index contributed by atoms with van der Waals surface area (Å²) in [5, 5.41) is 14.7. The fraction of sp³-hybridized carbons (Fsp3) is 0.727. The summed E-state index contributed by atoms with van der Waals surface area (Å²) >= 11 is 5.89. The van der Waals surface area contributed by atoms with Crippen LogP contribution in [0.4, 0.5) is 5.69 Å². The van der Waals surface area contributed by atoms with Crippen molar-refractivity contribution in [3.63, 3.8) is 0 Å². The van der Waals surface area contributed by atoms with Crippen LogP contribution < -0.4 is 10.2 Å². The lowest BCUT2D eigenvalue weighted by molar-refractivity contribution is -0.148. The number of hydrogen-bond donors (Lipinski definition) is 2. The summed E-state index contributed by atoms with van der Waals surface area (Å²) in [6.07, 6.45) is 6.87. The van der Waals surface area contributed by atoms with Gasteiger partial charge < -0.3 is 15.3 Å². The van der Waals surface area contributed by atoms with E-state index in [1.165, 1.54) is 12.8 Å². The Morgan fingerprint density at radius 1 is 1.21 bits per heavy atom. The summed E-state index contributed by atoms with van der Waals surface area (Å²) in [7, 11) is 0. The highest BCUT2D eigenvalue weighted by Gasteiger charge is 2.55.